The molecule has 1 saturated carbocycles. The van der Waals surface area contributed by atoms with Gasteiger partial charge in [-0.1, -0.05) is 25.8 Å². The van der Waals surface area contributed by atoms with Gasteiger partial charge in [-0.05, 0) is 60.1 Å². The van der Waals surface area contributed by atoms with Crippen molar-refractivity contribution in [1.29, 1.82) is 0 Å². The van der Waals surface area contributed by atoms with Gasteiger partial charge in [-0.2, -0.15) is 0 Å². The topological polar surface area (TPSA) is 15.3 Å². The molecule has 0 bridgehead atoms. The lowest BCUT2D eigenvalue weighted by atomic mass is 9.91. The Kier molecular flexibility index (Phi) is 4.03. The van der Waals surface area contributed by atoms with E-state index < -0.39 is 0 Å². The first kappa shape index (κ1) is 13.7. The Morgan fingerprint density at radius 3 is 2.84 bits per heavy atom. The van der Waals surface area contributed by atoms with Crippen LogP contribution in [-0.2, 0) is 0 Å². The van der Waals surface area contributed by atoms with Crippen LogP contribution in [-0.4, -0.2) is 24.7 Å². The van der Waals surface area contributed by atoms with Gasteiger partial charge in [0.1, 0.15) is 0 Å². The molecule has 1 unspecified atom stereocenters. The lowest BCUT2D eigenvalue weighted by Gasteiger charge is -2.47. The first-order valence-corrected chi connectivity index (χ1v) is 8.57. The van der Waals surface area contributed by atoms with Crippen molar-refractivity contribution in [2.24, 2.45) is 0 Å². The molecule has 1 aromatic carbocycles. The number of nitrogens with one attached hydrogen (secondary N) is 1. The summed E-state index contributed by atoms with van der Waals surface area (Å²) in [7, 11) is 0. The summed E-state index contributed by atoms with van der Waals surface area (Å²) in [5.41, 5.74) is 1.80. The van der Waals surface area contributed by atoms with E-state index in [1.54, 1.807) is 0 Å². The number of rotatable bonds is 2. The minimum Gasteiger partial charge on any atom is -0.365 e. The molecule has 1 aliphatic heterocycles. The third kappa shape index (κ3) is 2.77. The van der Waals surface area contributed by atoms with Gasteiger partial charge in [-0.25, -0.2) is 0 Å². The van der Waals surface area contributed by atoms with Crippen LogP contribution in [0.3, 0.4) is 0 Å². The summed E-state index contributed by atoms with van der Waals surface area (Å²) in [4.78, 5) is 2.66. The molecule has 1 heterocycles. The van der Waals surface area contributed by atoms with Crippen molar-refractivity contribution < 1.29 is 0 Å². The van der Waals surface area contributed by atoms with Crippen molar-refractivity contribution in [3.8, 4) is 0 Å². The number of nitrogens with zero attached hydrogens (tertiary/aromatic N) is 1. The summed E-state index contributed by atoms with van der Waals surface area (Å²) < 4.78 is 1.34. The predicted molar refractivity (Wildman–Crippen MR) is 89.8 cm³/mol. The molecule has 19 heavy (non-hydrogen) atoms. The zero-order valence-electron chi connectivity index (χ0n) is 11.7. The summed E-state index contributed by atoms with van der Waals surface area (Å²) in [5.74, 6) is 0. The largest absolute Gasteiger partial charge is 0.365 e. The molecule has 2 aliphatic rings. The Morgan fingerprint density at radius 2 is 2.16 bits per heavy atom. The number of piperazine rings is 1. The first-order chi connectivity index (χ1) is 9.22. The zero-order valence-corrected chi connectivity index (χ0v) is 13.8. The van der Waals surface area contributed by atoms with Gasteiger partial charge >= 0.3 is 0 Å². The number of hydrogen-bond donors (Lipinski definition) is 1. The quantitative estimate of drug-likeness (QED) is 0.797. The molecular formula is C16H23IN2. The Labute approximate surface area is 130 Å². The predicted octanol–water partition coefficient (Wildman–Crippen LogP) is 3.79. The Morgan fingerprint density at radius 1 is 1.37 bits per heavy atom. The fourth-order valence-corrected chi connectivity index (χ4v) is 4.19. The third-order valence-electron chi connectivity index (χ3n) is 4.80. The molecule has 0 amide bonds. The summed E-state index contributed by atoms with van der Waals surface area (Å²) in [6.45, 7) is 4.63. The van der Waals surface area contributed by atoms with Crippen LogP contribution in [0.5, 0.6) is 0 Å². The van der Waals surface area contributed by atoms with Gasteiger partial charge in [0, 0.05) is 33.9 Å². The molecule has 0 radical (unpaired) electrons. The van der Waals surface area contributed by atoms with E-state index in [0.717, 1.165) is 6.54 Å². The highest BCUT2D eigenvalue weighted by Crippen LogP contribution is 2.35. The van der Waals surface area contributed by atoms with Crippen molar-refractivity contribution in [3.63, 3.8) is 0 Å². The Hall–Kier alpha value is -0.290. The van der Waals surface area contributed by atoms with Gasteiger partial charge in [0.25, 0.3) is 0 Å². The minimum absolute atomic E-state index is 0.396. The Bertz CT molecular complexity index is 440. The molecule has 0 aromatic heterocycles. The van der Waals surface area contributed by atoms with Crippen molar-refractivity contribution in [1.82, 2.24) is 5.32 Å². The number of halogens is 1. The van der Waals surface area contributed by atoms with Crippen LogP contribution in [0.1, 0.15) is 39.0 Å². The molecular weight excluding hydrogens is 347 g/mol. The summed E-state index contributed by atoms with van der Waals surface area (Å²) in [5, 5.41) is 3.87. The van der Waals surface area contributed by atoms with E-state index >= 15 is 0 Å². The van der Waals surface area contributed by atoms with E-state index in [0.29, 0.717) is 11.6 Å². The number of anilines is 1. The number of benzene rings is 1. The van der Waals surface area contributed by atoms with Crippen LogP contribution >= 0.6 is 22.6 Å². The number of hydrogen-bond acceptors (Lipinski definition) is 2. The second-order valence-electron chi connectivity index (χ2n) is 6.04. The standard InChI is InChI=1S/C16H23IN2/c1-2-14-11-18-16(8-3-4-9-16)12-19(14)15-7-5-6-13(17)10-15/h5-7,10,14,18H,2-4,8-9,11-12H2,1H3. The van der Waals surface area contributed by atoms with Crippen LogP contribution in [0.15, 0.2) is 24.3 Å². The van der Waals surface area contributed by atoms with Crippen LogP contribution in [0.4, 0.5) is 5.69 Å². The zero-order chi connectivity index (χ0) is 13.3. The van der Waals surface area contributed by atoms with E-state index in [2.05, 4.69) is 64.0 Å². The van der Waals surface area contributed by atoms with E-state index in [4.69, 9.17) is 0 Å². The van der Waals surface area contributed by atoms with Gasteiger partial charge < -0.3 is 10.2 Å². The highest BCUT2D eigenvalue weighted by atomic mass is 127. The molecule has 2 nitrogen and oxygen atoms in total. The van der Waals surface area contributed by atoms with Gasteiger partial charge in [0.05, 0.1) is 0 Å². The second-order valence-corrected chi connectivity index (χ2v) is 7.28. The molecule has 1 spiro atoms. The second kappa shape index (κ2) is 5.60. The van der Waals surface area contributed by atoms with Gasteiger partial charge in [0.15, 0.2) is 0 Å². The summed E-state index contributed by atoms with van der Waals surface area (Å²) >= 11 is 2.42. The maximum absolute atomic E-state index is 3.87. The first-order valence-electron chi connectivity index (χ1n) is 7.50. The normalized spacial score (nSPS) is 26.0. The lowest BCUT2D eigenvalue weighted by Crippen LogP contribution is -2.63. The smallest absolute Gasteiger partial charge is 0.0412 e. The van der Waals surface area contributed by atoms with Crippen molar-refractivity contribution >= 4 is 28.3 Å². The van der Waals surface area contributed by atoms with E-state index in [1.165, 1.54) is 47.9 Å². The van der Waals surface area contributed by atoms with Crippen LogP contribution in [0.2, 0.25) is 0 Å². The van der Waals surface area contributed by atoms with E-state index in [9.17, 15) is 0 Å². The molecule has 1 aliphatic carbocycles. The molecule has 1 aromatic rings. The summed E-state index contributed by atoms with van der Waals surface area (Å²) in [6, 6.07) is 9.62. The average Bonchev–Trinajstić information content (AvgIpc) is 2.87. The van der Waals surface area contributed by atoms with E-state index in [1.807, 2.05) is 0 Å². The lowest BCUT2D eigenvalue weighted by molar-refractivity contribution is 0.267. The third-order valence-corrected chi connectivity index (χ3v) is 5.47. The van der Waals surface area contributed by atoms with Gasteiger partial charge in [-0.15, -0.1) is 0 Å². The minimum atomic E-state index is 0.396. The molecule has 2 fully saturated rings. The molecule has 1 saturated heterocycles. The van der Waals surface area contributed by atoms with Crippen LogP contribution in [0.25, 0.3) is 0 Å². The highest BCUT2D eigenvalue weighted by Gasteiger charge is 2.40. The highest BCUT2D eigenvalue weighted by molar-refractivity contribution is 14.1. The average molecular weight is 370 g/mol. The van der Waals surface area contributed by atoms with Crippen LogP contribution < -0.4 is 10.2 Å². The molecule has 1 atom stereocenters. The maximum atomic E-state index is 3.87. The SMILES string of the molecule is CCC1CNC2(CCCC2)CN1c1cccc(I)c1. The van der Waals surface area contributed by atoms with Crippen molar-refractivity contribution in [3.05, 3.63) is 27.8 Å². The van der Waals surface area contributed by atoms with Gasteiger partial charge in [0.2, 0.25) is 0 Å². The molecule has 3 heteroatoms. The fraction of sp³-hybridized carbons (Fsp3) is 0.625. The van der Waals surface area contributed by atoms with E-state index in [-0.39, 0.29) is 0 Å². The molecule has 3 rings (SSSR count). The fourth-order valence-electron chi connectivity index (χ4n) is 3.66. The maximum Gasteiger partial charge on any atom is 0.0412 e. The summed E-state index contributed by atoms with van der Waals surface area (Å²) in [6.07, 6.45) is 6.70. The van der Waals surface area contributed by atoms with Gasteiger partial charge in [-0.3, -0.25) is 0 Å². The molecule has 104 valence electrons. The van der Waals surface area contributed by atoms with Crippen molar-refractivity contribution in [2.45, 2.75) is 50.6 Å². The van der Waals surface area contributed by atoms with Crippen molar-refractivity contribution in [2.75, 3.05) is 18.0 Å². The monoisotopic (exact) mass is 370 g/mol. The molecule has 1 N–H and O–H groups in total. The Balaban J connectivity index is 1.86. The van der Waals surface area contributed by atoms with Crippen LogP contribution in [0, 0.1) is 3.57 Å².